The smallest absolute Gasteiger partial charge is 0.232 e. The van der Waals surface area contributed by atoms with Crippen molar-refractivity contribution >= 4 is 15.7 Å². The van der Waals surface area contributed by atoms with Crippen molar-refractivity contribution in [1.82, 2.24) is 10.2 Å². The molecule has 0 saturated heterocycles. The fourth-order valence-corrected chi connectivity index (χ4v) is 3.60. The Kier molecular flexibility index (Phi) is 4.96. The number of aromatic nitrogens is 2. The average molecular weight is 341 g/mol. The van der Waals surface area contributed by atoms with Crippen molar-refractivity contribution in [1.29, 1.82) is 0 Å². The SMILES string of the molecule is O=S(=O)(CCCc1ccccc1)Nc1ccc(-c2ccn[nH]2)cc1. The first-order chi connectivity index (χ1) is 11.6. The van der Waals surface area contributed by atoms with Crippen molar-refractivity contribution in [2.24, 2.45) is 0 Å². The van der Waals surface area contributed by atoms with Gasteiger partial charge in [0.05, 0.1) is 11.4 Å². The Morgan fingerprint density at radius 1 is 0.958 bits per heavy atom. The lowest BCUT2D eigenvalue weighted by atomic mass is 10.1. The molecule has 2 N–H and O–H groups in total. The summed E-state index contributed by atoms with van der Waals surface area (Å²) < 4.78 is 27.0. The number of sulfonamides is 1. The van der Waals surface area contributed by atoms with E-state index in [-0.39, 0.29) is 5.75 Å². The average Bonchev–Trinajstić information content (AvgIpc) is 3.10. The molecule has 0 fully saturated rings. The molecular formula is C18H19N3O2S. The summed E-state index contributed by atoms with van der Waals surface area (Å²) in [6.45, 7) is 0. The second-order valence-electron chi connectivity index (χ2n) is 5.56. The number of nitrogens with zero attached hydrogens (tertiary/aromatic N) is 1. The summed E-state index contributed by atoms with van der Waals surface area (Å²) in [4.78, 5) is 0. The Labute approximate surface area is 141 Å². The van der Waals surface area contributed by atoms with Crippen LogP contribution in [0.5, 0.6) is 0 Å². The lowest BCUT2D eigenvalue weighted by Gasteiger charge is -2.08. The van der Waals surface area contributed by atoms with Crippen LogP contribution in [0.2, 0.25) is 0 Å². The predicted molar refractivity (Wildman–Crippen MR) is 96.2 cm³/mol. The highest BCUT2D eigenvalue weighted by Gasteiger charge is 2.10. The Morgan fingerprint density at radius 2 is 1.71 bits per heavy atom. The summed E-state index contributed by atoms with van der Waals surface area (Å²) in [5.74, 6) is 0.101. The third-order valence-electron chi connectivity index (χ3n) is 3.69. The van der Waals surface area contributed by atoms with Gasteiger partial charge in [0.25, 0.3) is 0 Å². The van der Waals surface area contributed by atoms with Crippen LogP contribution in [-0.4, -0.2) is 24.4 Å². The van der Waals surface area contributed by atoms with E-state index in [1.165, 1.54) is 0 Å². The minimum atomic E-state index is -3.34. The maximum Gasteiger partial charge on any atom is 0.232 e. The zero-order valence-corrected chi connectivity index (χ0v) is 14.0. The fourth-order valence-electron chi connectivity index (χ4n) is 2.48. The van der Waals surface area contributed by atoms with Gasteiger partial charge < -0.3 is 0 Å². The molecule has 3 aromatic rings. The van der Waals surface area contributed by atoms with Gasteiger partial charge in [-0.1, -0.05) is 42.5 Å². The van der Waals surface area contributed by atoms with E-state index in [0.717, 1.165) is 23.2 Å². The Morgan fingerprint density at radius 3 is 2.38 bits per heavy atom. The van der Waals surface area contributed by atoms with Crippen LogP contribution in [0.25, 0.3) is 11.3 Å². The first-order valence-corrected chi connectivity index (χ1v) is 9.42. The number of rotatable bonds is 7. The van der Waals surface area contributed by atoms with Crippen LogP contribution < -0.4 is 4.72 Å². The minimum absolute atomic E-state index is 0.101. The van der Waals surface area contributed by atoms with Crippen LogP contribution in [0.3, 0.4) is 0 Å². The number of H-pyrrole nitrogens is 1. The van der Waals surface area contributed by atoms with Gasteiger partial charge >= 0.3 is 0 Å². The molecule has 6 heteroatoms. The second kappa shape index (κ2) is 7.31. The lowest BCUT2D eigenvalue weighted by molar-refractivity contribution is 0.598. The number of aromatic amines is 1. The first kappa shape index (κ1) is 16.3. The molecule has 0 spiro atoms. The fraction of sp³-hybridized carbons (Fsp3) is 0.167. The maximum atomic E-state index is 12.2. The van der Waals surface area contributed by atoms with Gasteiger partial charge in [-0.3, -0.25) is 9.82 Å². The molecule has 0 bridgehead atoms. The van der Waals surface area contributed by atoms with E-state index in [0.29, 0.717) is 12.1 Å². The van der Waals surface area contributed by atoms with Crippen LogP contribution in [-0.2, 0) is 16.4 Å². The molecule has 0 radical (unpaired) electrons. The van der Waals surface area contributed by atoms with Crippen molar-refractivity contribution < 1.29 is 8.42 Å². The molecule has 0 aliphatic carbocycles. The van der Waals surface area contributed by atoms with Gasteiger partial charge in [0, 0.05) is 11.9 Å². The molecule has 2 aromatic carbocycles. The van der Waals surface area contributed by atoms with E-state index in [4.69, 9.17) is 0 Å². The molecule has 0 amide bonds. The molecule has 0 aliphatic rings. The molecule has 124 valence electrons. The zero-order valence-electron chi connectivity index (χ0n) is 13.1. The molecule has 0 unspecified atom stereocenters. The summed E-state index contributed by atoms with van der Waals surface area (Å²) in [6, 6.07) is 19.0. The Bertz CT molecular complexity index is 858. The molecule has 1 aromatic heterocycles. The number of aryl methyl sites for hydroxylation is 1. The highest BCUT2D eigenvalue weighted by atomic mass is 32.2. The van der Waals surface area contributed by atoms with Crippen molar-refractivity contribution in [2.75, 3.05) is 10.5 Å². The monoisotopic (exact) mass is 341 g/mol. The standard InChI is InChI=1S/C18H19N3O2S/c22-24(23,14-4-7-15-5-2-1-3-6-15)21-17-10-8-16(9-11-17)18-12-13-19-20-18/h1-3,5-6,8-13,21H,4,7,14H2,(H,19,20). The summed E-state index contributed by atoms with van der Waals surface area (Å²) >= 11 is 0. The van der Waals surface area contributed by atoms with Crippen LogP contribution in [0.4, 0.5) is 5.69 Å². The number of nitrogens with one attached hydrogen (secondary N) is 2. The molecule has 24 heavy (non-hydrogen) atoms. The molecule has 0 saturated carbocycles. The largest absolute Gasteiger partial charge is 0.284 e. The van der Waals surface area contributed by atoms with Crippen molar-refractivity contribution in [3.63, 3.8) is 0 Å². The van der Waals surface area contributed by atoms with Crippen LogP contribution in [0, 0.1) is 0 Å². The second-order valence-corrected chi connectivity index (χ2v) is 7.40. The van der Waals surface area contributed by atoms with Crippen LogP contribution >= 0.6 is 0 Å². The van der Waals surface area contributed by atoms with Gasteiger partial charge in [-0.05, 0) is 42.2 Å². The van der Waals surface area contributed by atoms with E-state index in [1.54, 1.807) is 18.3 Å². The minimum Gasteiger partial charge on any atom is -0.284 e. The van der Waals surface area contributed by atoms with Gasteiger partial charge in [0.1, 0.15) is 0 Å². The van der Waals surface area contributed by atoms with Gasteiger partial charge in [0.15, 0.2) is 0 Å². The summed E-state index contributed by atoms with van der Waals surface area (Å²) in [7, 11) is -3.34. The Hall–Kier alpha value is -2.60. The molecule has 3 rings (SSSR count). The quantitative estimate of drug-likeness (QED) is 0.691. The lowest BCUT2D eigenvalue weighted by Crippen LogP contribution is -2.17. The van der Waals surface area contributed by atoms with Gasteiger partial charge in [-0.15, -0.1) is 0 Å². The predicted octanol–water partition coefficient (Wildman–Crippen LogP) is 3.45. The summed E-state index contributed by atoms with van der Waals surface area (Å²) in [6.07, 6.45) is 3.02. The van der Waals surface area contributed by atoms with Crippen molar-refractivity contribution in [3.8, 4) is 11.3 Å². The number of anilines is 1. The number of benzene rings is 2. The number of hydrogen-bond donors (Lipinski definition) is 2. The molecule has 0 aliphatic heterocycles. The normalized spacial score (nSPS) is 11.3. The zero-order chi connectivity index (χ0) is 16.8. The summed E-state index contributed by atoms with van der Waals surface area (Å²) in [5.41, 5.74) is 3.57. The van der Waals surface area contributed by atoms with Gasteiger partial charge in [0.2, 0.25) is 10.0 Å². The molecule has 5 nitrogen and oxygen atoms in total. The van der Waals surface area contributed by atoms with E-state index in [1.807, 2.05) is 48.5 Å². The molecule has 1 heterocycles. The molecule has 0 atom stereocenters. The topological polar surface area (TPSA) is 74.8 Å². The van der Waals surface area contributed by atoms with Crippen LogP contribution in [0.1, 0.15) is 12.0 Å². The van der Waals surface area contributed by atoms with E-state index in [2.05, 4.69) is 14.9 Å². The van der Waals surface area contributed by atoms with E-state index >= 15 is 0 Å². The maximum absolute atomic E-state index is 12.2. The third kappa shape index (κ3) is 4.45. The highest BCUT2D eigenvalue weighted by Crippen LogP contribution is 2.19. The Balaban J connectivity index is 1.56. The summed E-state index contributed by atoms with van der Waals surface area (Å²) in [5, 5.41) is 6.78. The van der Waals surface area contributed by atoms with Gasteiger partial charge in [-0.2, -0.15) is 5.10 Å². The van der Waals surface area contributed by atoms with Crippen molar-refractivity contribution in [2.45, 2.75) is 12.8 Å². The van der Waals surface area contributed by atoms with E-state index < -0.39 is 10.0 Å². The highest BCUT2D eigenvalue weighted by molar-refractivity contribution is 7.92. The molecular weight excluding hydrogens is 322 g/mol. The van der Waals surface area contributed by atoms with E-state index in [9.17, 15) is 8.42 Å². The first-order valence-electron chi connectivity index (χ1n) is 7.77. The third-order valence-corrected chi connectivity index (χ3v) is 5.06. The number of hydrogen-bond acceptors (Lipinski definition) is 3. The van der Waals surface area contributed by atoms with Crippen LogP contribution in [0.15, 0.2) is 66.9 Å². The van der Waals surface area contributed by atoms with Gasteiger partial charge in [-0.25, -0.2) is 8.42 Å². The van der Waals surface area contributed by atoms with Crippen molar-refractivity contribution in [3.05, 3.63) is 72.4 Å².